The van der Waals surface area contributed by atoms with Crippen molar-refractivity contribution in [3.05, 3.63) is 66.7 Å². The number of fused-ring (bicyclic) bond motifs is 2. The highest BCUT2D eigenvalue weighted by atomic mass is 16.3. The Kier molecular flexibility index (Phi) is 3.76. The number of furan rings is 1. The van der Waals surface area contributed by atoms with Crippen molar-refractivity contribution in [1.82, 2.24) is 15.0 Å². The molecule has 0 aliphatic rings. The molecule has 0 unspecified atom stereocenters. The molecular weight excluding hydrogens is 352 g/mol. The van der Waals surface area contributed by atoms with E-state index in [4.69, 9.17) is 4.42 Å². The lowest BCUT2D eigenvalue weighted by molar-refractivity contribution is 0.481. The van der Waals surface area contributed by atoms with Crippen LogP contribution in [0.2, 0.25) is 0 Å². The number of anilines is 2. The fourth-order valence-corrected chi connectivity index (χ4v) is 3.38. The van der Waals surface area contributed by atoms with Crippen LogP contribution in [0.15, 0.2) is 65.5 Å². The van der Waals surface area contributed by atoms with Crippen molar-refractivity contribution in [1.29, 1.82) is 0 Å². The van der Waals surface area contributed by atoms with Crippen LogP contribution in [-0.2, 0) is 6.42 Å². The zero-order valence-corrected chi connectivity index (χ0v) is 15.2. The van der Waals surface area contributed by atoms with Crippen LogP contribution in [0.1, 0.15) is 12.6 Å². The molecule has 138 valence electrons. The number of phenols is 1. The fourth-order valence-electron chi connectivity index (χ4n) is 3.38. The highest BCUT2D eigenvalue weighted by molar-refractivity contribution is 6.00. The molecule has 6 nitrogen and oxygen atoms in total. The Morgan fingerprint density at radius 2 is 2.04 bits per heavy atom. The van der Waals surface area contributed by atoms with E-state index in [1.165, 1.54) is 0 Å². The maximum Gasteiger partial charge on any atom is 0.194 e. The Hall–Kier alpha value is -3.80. The standard InChI is InChI=1S/C22H18N4O2/c1-2-14-11-24-22(26-14)21-20(17-8-9-23-12-19(17)28-21)25-15-6-7-16-13(10-15)4-3-5-18(16)27/h3-12,25,27H,2H2,1H3,(H,24,26). The predicted octanol–water partition coefficient (Wildman–Crippen LogP) is 5.38. The molecule has 0 saturated heterocycles. The summed E-state index contributed by atoms with van der Waals surface area (Å²) in [5.74, 6) is 1.58. The normalized spacial score (nSPS) is 11.3. The van der Waals surface area contributed by atoms with Gasteiger partial charge in [-0.05, 0) is 42.1 Å². The largest absolute Gasteiger partial charge is 0.507 e. The third-order valence-corrected chi connectivity index (χ3v) is 4.84. The Morgan fingerprint density at radius 1 is 1.11 bits per heavy atom. The number of hydrogen-bond acceptors (Lipinski definition) is 5. The van der Waals surface area contributed by atoms with E-state index in [2.05, 4.69) is 27.2 Å². The second-order valence-corrected chi connectivity index (χ2v) is 6.63. The van der Waals surface area contributed by atoms with Gasteiger partial charge in [0.15, 0.2) is 17.2 Å². The molecule has 0 saturated carbocycles. The highest BCUT2D eigenvalue weighted by Gasteiger charge is 2.19. The number of imidazole rings is 1. The molecule has 5 rings (SSSR count). The maximum absolute atomic E-state index is 10.0. The molecule has 0 atom stereocenters. The number of hydrogen-bond donors (Lipinski definition) is 3. The van der Waals surface area contributed by atoms with Gasteiger partial charge in [-0.25, -0.2) is 4.98 Å². The first-order valence-corrected chi connectivity index (χ1v) is 9.12. The lowest BCUT2D eigenvalue weighted by Crippen LogP contribution is -1.92. The molecule has 3 aromatic heterocycles. The second kappa shape index (κ2) is 6.42. The number of nitrogens with one attached hydrogen (secondary N) is 2. The monoisotopic (exact) mass is 370 g/mol. The summed E-state index contributed by atoms with van der Waals surface area (Å²) >= 11 is 0. The molecule has 0 aliphatic heterocycles. The summed E-state index contributed by atoms with van der Waals surface area (Å²) in [5.41, 5.74) is 3.45. The average molecular weight is 370 g/mol. The minimum atomic E-state index is 0.271. The fraction of sp³-hybridized carbons (Fsp3) is 0.0909. The van der Waals surface area contributed by atoms with Crippen molar-refractivity contribution >= 4 is 33.1 Å². The number of nitrogens with zero attached hydrogens (tertiary/aromatic N) is 2. The van der Waals surface area contributed by atoms with E-state index in [-0.39, 0.29) is 5.75 Å². The minimum absolute atomic E-state index is 0.271. The first-order valence-electron chi connectivity index (χ1n) is 9.12. The van der Waals surface area contributed by atoms with Crippen molar-refractivity contribution < 1.29 is 9.52 Å². The number of aromatic nitrogens is 3. The van der Waals surface area contributed by atoms with Gasteiger partial charge in [-0.1, -0.05) is 19.1 Å². The minimum Gasteiger partial charge on any atom is -0.507 e. The lowest BCUT2D eigenvalue weighted by atomic mass is 10.1. The molecule has 0 bridgehead atoms. The molecule has 0 aliphatic carbocycles. The van der Waals surface area contributed by atoms with Crippen LogP contribution in [0.25, 0.3) is 33.3 Å². The van der Waals surface area contributed by atoms with Crippen LogP contribution in [0.3, 0.4) is 0 Å². The van der Waals surface area contributed by atoms with Gasteiger partial charge in [0.1, 0.15) is 5.75 Å². The first kappa shape index (κ1) is 16.4. The molecule has 0 fully saturated rings. The Labute approximate surface area is 160 Å². The zero-order valence-electron chi connectivity index (χ0n) is 15.2. The van der Waals surface area contributed by atoms with Crippen molar-refractivity contribution in [2.24, 2.45) is 0 Å². The van der Waals surface area contributed by atoms with E-state index in [0.29, 0.717) is 17.2 Å². The summed E-state index contributed by atoms with van der Waals surface area (Å²) in [6.45, 7) is 2.07. The van der Waals surface area contributed by atoms with Crippen LogP contribution in [0, 0.1) is 0 Å². The van der Waals surface area contributed by atoms with Crippen molar-refractivity contribution in [3.63, 3.8) is 0 Å². The lowest BCUT2D eigenvalue weighted by Gasteiger charge is -2.08. The SMILES string of the molecule is CCc1cnc(-c2oc3cnccc3c2Nc2ccc3c(O)cccc3c2)[nH]1. The molecule has 5 aromatic rings. The van der Waals surface area contributed by atoms with E-state index in [1.54, 1.807) is 18.5 Å². The van der Waals surface area contributed by atoms with Crippen LogP contribution in [-0.4, -0.2) is 20.1 Å². The molecule has 3 heterocycles. The van der Waals surface area contributed by atoms with Gasteiger partial charge in [-0.2, -0.15) is 0 Å². The zero-order chi connectivity index (χ0) is 19.1. The smallest absolute Gasteiger partial charge is 0.194 e. The molecule has 28 heavy (non-hydrogen) atoms. The third-order valence-electron chi connectivity index (χ3n) is 4.84. The maximum atomic E-state index is 10.0. The van der Waals surface area contributed by atoms with Gasteiger partial charge >= 0.3 is 0 Å². The van der Waals surface area contributed by atoms with Crippen molar-refractivity contribution in [2.75, 3.05) is 5.32 Å². The molecule has 3 N–H and O–H groups in total. The van der Waals surface area contributed by atoms with E-state index in [0.717, 1.165) is 39.6 Å². The van der Waals surface area contributed by atoms with Gasteiger partial charge in [0.25, 0.3) is 0 Å². The topological polar surface area (TPSA) is 87.0 Å². The highest BCUT2D eigenvalue weighted by Crippen LogP contribution is 2.39. The van der Waals surface area contributed by atoms with Gasteiger partial charge < -0.3 is 19.8 Å². The van der Waals surface area contributed by atoms with Crippen LogP contribution in [0.4, 0.5) is 11.4 Å². The second-order valence-electron chi connectivity index (χ2n) is 6.63. The number of phenolic OH excluding ortho intramolecular Hbond substituents is 1. The van der Waals surface area contributed by atoms with E-state index in [9.17, 15) is 5.11 Å². The first-order chi connectivity index (χ1) is 13.7. The Morgan fingerprint density at radius 3 is 2.89 bits per heavy atom. The number of pyridine rings is 1. The number of benzene rings is 2. The predicted molar refractivity (Wildman–Crippen MR) is 110 cm³/mol. The summed E-state index contributed by atoms with van der Waals surface area (Å²) in [4.78, 5) is 11.9. The summed E-state index contributed by atoms with van der Waals surface area (Å²) < 4.78 is 6.06. The van der Waals surface area contributed by atoms with Crippen LogP contribution in [0.5, 0.6) is 5.75 Å². The van der Waals surface area contributed by atoms with E-state index in [1.807, 2.05) is 42.6 Å². The van der Waals surface area contributed by atoms with Crippen LogP contribution >= 0.6 is 0 Å². The molecule has 2 aromatic carbocycles. The van der Waals surface area contributed by atoms with Gasteiger partial charge in [-0.3, -0.25) is 4.98 Å². The molecular formula is C22H18N4O2. The molecule has 0 amide bonds. The Bertz CT molecular complexity index is 1300. The van der Waals surface area contributed by atoms with Crippen LogP contribution < -0.4 is 5.32 Å². The number of aromatic hydroxyl groups is 1. The van der Waals surface area contributed by atoms with E-state index >= 15 is 0 Å². The van der Waals surface area contributed by atoms with Gasteiger partial charge in [-0.15, -0.1) is 0 Å². The molecule has 0 spiro atoms. The number of rotatable bonds is 4. The number of aryl methyl sites for hydroxylation is 1. The van der Waals surface area contributed by atoms with Gasteiger partial charge in [0.2, 0.25) is 0 Å². The summed E-state index contributed by atoms with van der Waals surface area (Å²) in [6.07, 6.45) is 6.13. The molecule has 0 radical (unpaired) electrons. The number of aromatic amines is 1. The van der Waals surface area contributed by atoms with Crippen molar-refractivity contribution in [2.45, 2.75) is 13.3 Å². The van der Waals surface area contributed by atoms with E-state index < -0.39 is 0 Å². The van der Waals surface area contributed by atoms with Gasteiger partial charge in [0, 0.05) is 34.5 Å². The quantitative estimate of drug-likeness (QED) is 0.395. The summed E-state index contributed by atoms with van der Waals surface area (Å²) in [5, 5.41) is 16.2. The number of H-pyrrole nitrogens is 1. The summed E-state index contributed by atoms with van der Waals surface area (Å²) in [7, 11) is 0. The average Bonchev–Trinajstić information content (AvgIpc) is 3.33. The Balaban J connectivity index is 1.64. The van der Waals surface area contributed by atoms with Gasteiger partial charge in [0.05, 0.1) is 11.9 Å². The van der Waals surface area contributed by atoms with Crippen molar-refractivity contribution in [3.8, 4) is 17.3 Å². The third kappa shape index (κ3) is 2.66. The summed E-state index contributed by atoms with van der Waals surface area (Å²) in [6, 6.07) is 13.2. The molecule has 6 heteroatoms.